The monoisotopic (exact) mass is 284 g/mol. The molecule has 1 aliphatic heterocycles. The molecule has 1 fully saturated rings. The van der Waals surface area contributed by atoms with Crippen molar-refractivity contribution < 1.29 is 8.42 Å². The van der Waals surface area contributed by atoms with Crippen LogP contribution in [0.1, 0.15) is 33.1 Å². The first-order valence-corrected chi connectivity index (χ1v) is 7.71. The summed E-state index contributed by atoms with van der Waals surface area (Å²) in [5, 5.41) is 3.20. The number of sulfonamides is 1. The smallest absolute Gasteiger partial charge is 0.214 e. The molecule has 1 N–H and O–H groups in total. The van der Waals surface area contributed by atoms with Gasteiger partial charge in [-0.3, -0.25) is 0 Å². The van der Waals surface area contributed by atoms with Crippen molar-refractivity contribution in [3.8, 4) is 0 Å². The fourth-order valence-corrected chi connectivity index (χ4v) is 3.73. The third-order valence-electron chi connectivity index (χ3n) is 3.21. The molecule has 6 heteroatoms. The molecule has 0 amide bonds. The van der Waals surface area contributed by atoms with Crippen LogP contribution in [0.3, 0.4) is 0 Å². The Labute approximate surface area is 112 Å². The second kappa shape index (κ2) is 7.56. The van der Waals surface area contributed by atoms with Crippen molar-refractivity contribution >= 4 is 22.4 Å². The summed E-state index contributed by atoms with van der Waals surface area (Å²) in [4.78, 5) is 0. The molecule has 104 valence electrons. The molecule has 0 saturated carbocycles. The standard InChI is InChI=1S/C11H24N2O2S.ClH/c1-10(2)6-9-16(14,15)13-7-4-11(12-3)5-8-13;/h10-12H,4-9H2,1-3H3;1H. The fourth-order valence-electron chi connectivity index (χ4n) is 1.94. The Bertz CT molecular complexity index is 299. The minimum atomic E-state index is -3.00. The maximum atomic E-state index is 12.0. The van der Waals surface area contributed by atoms with E-state index in [1.165, 1.54) is 0 Å². The SMILES string of the molecule is CNC1CCN(S(=O)(=O)CCC(C)C)CC1.Cl. The number of rotatable bonds is 5. The minimum Gasteiger partial charge on any atom is -0.317 e. The van der Waals surface area contributed by atoms with Gasteiger partial charge < -0.3 is 5.32 Å². The molecular formula is C11H25ClN2O2S. The molecule has 0 aliphatic carbocycles. The normalized spacial score (nSPS) is 19.3. The summed E-state index contributed by atoms with van der Waals surface area (Å²) in [5.41, 5.74) is 0. The van der Waals surface area contributed by atoms with Gasteiger partial charge in [0.05, 0.1) is 5.75 Å². The summed E-state index contributed by atoms with van der Waals surface area (Å²) in [6.45, 7) is 5.46. The highest BCUT2D eigenvalue weighted by molar-refractivity contribution is 7.89. The maximum absolute atomic E-state index is 12.0. The summed E-state index contributed by atoms with van der Waals surface area (Å²) in [5.74, 6) is 0.749. The zero-order valence-corrected chi connectivity index (χ0v) is 12.6. The van der Waals surface area contributed by atoms with Crippen molar-refractivity contribution in [2.24, 2.45) is 5.92 Å². The van der Waals surface area contributed by atoms with Crippen LogP contribution in [0.25, 0.3) is 0 Å². The van der Waals surface area contributed by atoms with E-state index >= 15 is 0 Å². The number of hydrogen-bond acceptors (Lipinski definition) is 3. The summed E-state index contributed by atoms with van der Waals surface area (Å²) >= 11 is 0. The Morgan fingerprint density at radius 2 is 1.82 bits per heavy atom. The van der Waals surface area contributed by atoms with Crippen LogP contribution in [0.2, 0.25) is 0 Å². The van der Waals surface area contributed by atoms with Crippen LogP contribution in [-0.4, -0.2) is 44.7 Å². The van der Waals surface area contributed by atoms with Crippen LogP contribution in [0.4, 0.5) is 0 Å². The van der Waals surface area contributed by atoms with Gasteiger partial charge in [-0.2, -0.15) is 0 Å². The lowest BCUT2D eigenvalue weighted by Crippen LogP contribution is -2.44. The highest BCUT2D eigenvalue weighted by Gasteiger charge is 2.26. The van der Waals surface area contributed by atoms with Gasteiger partial charge in [0.2, 0.25) is 10.0 Å². The molecule has 17 heavy (non-hydrogen) atoms. The average Bonchev–Trinajstić information content (AvgIpc) is 2.27. The van der Waals surface area contributed by atoms with Crippen molar-refractivity contribution in [2.45, 2.75) is 39.2 Å². The second-order valence-corrected chi connectivity index (χ2v) is 7.05. The third kappa shape index (κ3) is 5.55. The molecule has 0 bridgehead atoms. The lowest BCUT2D eigenvalue weighted by Gasteiger charge is -2.31. The number of halogens is 1. The first-order valence-electron chi connectivity index (χ1n) is 6.11. The Balaban J connectivity index is 0.00000256. The van der Waals surface area contributed by atoms with Crippen LogP contribution < -0.4 is 5.32 Å². The van der Waals surface area contributed by atoms with Crippen molar-refractivity contribution in [2.75, 3.05) is 25.9 Å². The van der Waals surface area contributed by atoms with Crippen LogP contribution >= 0.6 is 12.4 Å². The first-order chi connectivity index (χ1) is 7.45. The van der Waals surface area contributed by atoms with E-state index in [0.29, 0.717) is 30.8 Å². The molecule has 0 radical (unpaired) electrons. The largest absolute Gasteiger partial charge is 0.317 e. The molecule has 1 heterocycles. The lowest BCUT2D eigenvalue weighted by molar-refractivity contribution is 0.298. The molecule has 1 saturated heterocycles. The van der Waals surface area contributed by atoms with Gasteiger partial charge in [0.1, 0.15) is 0 Å². The van der Waals surface area contributed by atoms with Crippen LogP contribution in [0, 0.1) is 5.92 Å². The molecule has 0 atom stereocenters. The van der Waals surface area contributed by atoms with Gasteiger partial charge in [0, 0.05) is 19.1 Å². The topological polar surface area (TPSA) is 49.4 Å². The van der Waals surface area contributed by atoms with Gasteiger partial charge in [-0.05, 0) is 32.2 Å². The van der Waals surface area contributed by atoms with Crippen LogP contribution in [-0.2, 0) is 10.0 Å². The lowest BCUT2D eigenvalue weighted by atomic mass is 10.1. The maximum Gasteiger partial charge on any atom is 0.214 e. The van der Waals surface area contributed by atoms with Crippen molar-refractivity contribution in [3.63, 3.8) is 0 Å². The van der Waals surface area contributed by atoms with Crippen LogP contribution in [0.15, 0.2) is 0 Å². The zero-order valence-electron chi connectivity index (χ0n) is 11.0. The van der Waals surface area contributed by atoms with E-state index in [0.717, 1.165) is 19.3 Å². The highest BCUT2D eigenvalue weighted by Crippen LogP contribution is 2.15. The van der Waals surface area contributed by atoms with E-state index in [1.54, 1.807) is 4.31 Å². The van der Waals surface area contributed by atoms with E-state index in [-0.39, 0.29) is 12.4 Å². The Hall–Kier alpha value is 0.160. The Morgan fingerprint density at radius 1 is 1.29 bits per heavy atom. The molecule has 1 aliphatic rings. The predicted octanol–water partition coefficient (Wildman–Crippen LogP) is 1.47. The minimum absolute atomic E-state index is 0. The van der Waals surface area contributed by atoms with Gasteiger partial charge in [-0.1, -0.05) is 13.8 Å². The van der Waals surface area contributed by atoms with Crippen LogP contribution in [0.5, 0.6) is 0 Å². The molecular weight excluding hydrogens is 260 g/mol. The van der Waals surface area contributed by atoms with Gasteiger partial charge in [0.15, 0.2) is 0 Å². The van der Waals surface area contributed by atoms with Crippen molar-refractivity contribution in [1.82, 2.24) is 9.62 Å². The van der Waals surface area contributed by atoms with Crippen molar-refractivity contribution in [3.05, 3.63) is 0 Å². The predicted molar refractivity (Wildman–Crippen MR) is 74.1 cm³/mol. The quantitative estimate of drug-likeness (QED) is 0.832. The molecule has 1 rings (SSSR count). The van der Waals surface area contributed by atoms with Crippen molar-refractivity contribution in [1.29, 1.82) is 0 Å². The molecule has 0 aromatic rings. The first kappa shape index (κ1) is 17.2. The van der Waals surface area contributed by atoms with Gasteiger partial charge in [0.25, 0.3) is 0 Å². The van der Waals surface area contributed by atoms with Gasteiger partial charge in [-0.25, -0.2) is 12.7 Å². The van der Waals surface area contributed by atoms with E-state index in [2.05, 4.69) is 19.2 Å². The van der Waals surface area contributed by atoms with E-state index in [1.807, 2.05) is 7.05 Å². The zero-order chi connectivity index (χ0) is 12.2. The fraction of sp³-hybridized carbons (Fsp3) is 1.00. The van der Waals surface area contributed by atoms with E-state index < -0.39 is 10.0 Å². The number of piperidine rings is 1. The molecule has 0 aromatic heterocycles. The molecule has 0 unspecified atom stereocenters. The number of nitrogens with one attached hydrogen (secondary N) is 1. The van der Waals surface area contributed by atoms with Gasteiger partial charge in [-0.15, -0.1) is 12.4 Å². The third-order valence-corrected chi connectivity index (χ3v) is 5.11. The number of hydrogen-bond donors (Lipinski definition) is 1. The van der Waals surface area contributed by atoms with E-state index in [9.17, 15) is 8.42 Å². The molecule has 0 spiro atoms. The Morgan fingerprint density at radius 3 is 2.24 bits per heavy atom. The second-order valence-electron chi connectivity index (χ2n) is 4.96. The average molecular weight is 285 g/mol. The number of nitrogens with zero attached hydrogens (tertiary/aromatic N) is 1. The summed E-state index contributed by atoms with van der Waals surface area (Å²) in [7, 11) is -1.07. The Kier molecular flexibility index (Phi) is 7.63. The summed E-state index contributed by atoms with van der Waals surface area (Å²) in [6, 6.07) is 0.483. The summed E-state index contributed by atoms with van der Waals surface area (Å²) in [6.07, 6.45) is 2.61. The van der Waals surface area contributed by atoms with E-state index in [4.69, 9.17) is 0 Å². The molecule has 0 aromatic carbocycles. The summed E-state index contributed by atoms with van der Waals surface area (Å²) < 4.78 is 25.6. The molecule has 4 nitrogen and oxygen atoms in total. The van der Waals surface area contributed by atoms with Gasteiger partial charge >= 0.3 is 0 Å². The highest BCUT2D eigenvalue weighted by atomic mass is 35.5.